The van der Waals surface area contributed by atoms with Crippen LogP contribution >= 0.6 is 0 Å². The van der Waals surface area contributed by atoms with Crippen LogP contribution < -0.4 is 0 Å². The van der Waals surface area contributed by atoms with Crippen molar-refractivity contribution in [3.63, 3.8) is 0 Å². The van der Waals surface area contributed by atoms with E-state index < -0.39 is 5.97 Å². The minimum absolute atomic E-state index is 0.314. The van der Waals surface area contributed by atoms with Crippen LogP contribution in [0.1, 0.15) is 5.56 Å². The van der Waals surface area contributed by atoms with E-state index in [1.807, 2.05) is 30.3 Å². The molecule has 1 aromatic carbocycles. The van der Waals surface area contributed by atoms with Crippen LogP contribution in [0.15, 0.2) is 30.3 Å². The van der Waals surface area contributed by atoms with Crippen molar-refractivity contribution < 1.29 is 14.6 Å². The zero-order valence-corrected chi connectivity index (χ0v) is 6.53. The average molecular weight is 165 g/mol. The van der Waals surface area contributed by atoms with Crippen LogP contribution in [0, 0.1) is 0 Å². The smallest absolute Gasteiger partial charge is 0.365 e. The van der Waals surface area contributed by atoms with Gasteiger partial charge in [-0.3, -0.25) is 0 Å². The number of ether oxygens (including phenoxy) is 1. The lowest BCUT2D eigenvalue weighted by Crippen LogP contribution is -2.05. The molecule has 0 aliphatic rings. The number of hydrogen-bond acceptors (Lipinski definition) is 2. The summed E-state index contributed by atoms with van der Waals surface area (Å²) in [5.74, 6) is -1.19. The van der Waals surface area contributed by atoms with Gasteiger partial charge in [0.1, 0.15) is 6.61 Å². The van der Waals surface area contributed by atoms with Gasteiger partial charge in [0.05, 0.1) is 6.61 Å². The van der Waals surface area contributed by atoms with E-state index in [1.54, 1.807) is 0 Å². The van der Waals surface area contributed by atoms with E-state index in [-0.39, 0.29) is 6.61 Å². The van der Waals surface area contributed by atoms with Gasteiger partial charge < -0.3 is 4.74 Å². The highest BCUT2D eigenvalue weighted by Gasteiger charge is 1.98. The highest BCUT2D eigenvalue weighted by Crippen LogP contribution is 1.99. The third-order valence-corrected chi connectivity index (χ3v) is 1.33. The van der Waals surface area contributed by atoms with Crippen molar-refractivity contribution in [1.29, 1.82) is 0 Å². The van der Waals surface area contributed by atoms with Gasteiger partial charge >= 0.3 is 5.97 Å². The first-order valence-corrected chi connectivity index (χ1v) is 3.60. The molecule has 0 aliphatic heterocycles. The van der Waals surface area contributed by atoms with E-state index >= 15 is 0 Å². The Morgan fingerprint density at radius 3 is 2.50 bits per heavy atom. The SMILES string of the molecule is [O]C(=O)COCc1ccccc1. The molecule has 0 saturated heterocycles. The molecule has 63 valence electrons. The van der Waals surface area contributed by atoms with E-state index in [2.05, 4.69) is 0 Å². The quantitative estimate of drug-likeness (QED) is 0.672. The Labute approximate surface area is 70.6 Å². The van der Waals surface area contributed by atoms with Crippen LogP contribution in [0.3, 0.4) is 0 Å². The number of hydrogen-bond donors (Lipinski definition) is 0. The van der Waals surface area contributed by atoms with Crippen LogP contribution in [0.5, 0.6) is 0 Å². The molecular formula is C9H9O3. The van der Waals surface area contributed by atoms with Crippen molar-refractivity contribution >= 4 is 5.97 Å². The molecule has 0 saturated carbocycles. The molecule has 0 amide bonds. The van der Waals surface area contributed by atoms with E-state index in [0.717, 1.165) is 5.56 Å². The lowest BCUT2D eigenvalue weighted by Gasteiger charge is -1.99. The Kier molecular flexibility index (Phi) is 3.29. The zero-order chi connectivity index (χ0) is 8.81. The van der Waals surface area contributed by atoms with Crippen LogP contribution in [0.4, 0.5) is 0 Å². The fourth-order valence-electron chi connectivity index (χ4n) is 0.826. The van der Waals surface area contributed by atoms with Gasteiger partial charge in [0.15, 0.2) is 0 Å². The summed E-state index contributed by atoms with van der Waals surface area (Å²) in [5, 5.41) is 9.95. The maximum Gasteiger partial charge on any atom is 0.380 e. The van der Waals surface area contributed by atoms with Crippen molar-refractivity contribution in [3.8, 4) is 0 Å². The second-order valence-electron chi connectivity index (χ2n) is 2.35. The molecule has 0 fully saturated rings. The Morgan fingerprint density at radius 2 is 1.92 bits per heavy atom. The molecule has 0 aliphatic carbocycles. The minimum Gasteiger partial charge on any atom is -0.365 e. The summed E-state index contributed by atoms with van der Waals surface area (Å²) in [6, 6.07) is 9.38. The summed E-state index contributed by atoms with van der Waals surface area (Å²) in [6.07, 6.45) is 0. The molecule has 0 spiro atoms. The molecule has 12 heavy (non-hydrogen) atoms. The minimum atomic E-state index is -1.19. The summed E-state index contributed by atoms with van der Waals surface area (Å²) in [7, 11) is 0. The fourth-order valence-corrected chi connectivity index (χ4v) is 0.826. The highest BCUT2D eigenvalue weighted by atomic mass is 16.5. The summed E-state index contributed by atoms with van der Waals surface area (Å²) in [4.78, 5) is 9.95. The molecule has 0 heterocycles. The van der Waals surface area contributed by atoms with Crippen LogP contribution in [-0.4, -0.2) is 12.6 Å². The first-order chi connectivity index (χ1) is 5.79. The van der Waals surface area contributed by atoms with Crippen LogP contribution in [0.25, 0.3) is 0 Å². The maximum absolute atomic E-state index is 9.95. The van der Waals surface area contributed by atoms with Crippen LogP contribution in [0.2, 0.25) is 0 Å². The van der Waals surface area contributed by atoms with Crippen LogP contribution in [-0.2, 0) is 21.2 Å². The standard InChI is InChI=1S/C9H9O3/c10-9(11)7-12-6-8-4-2-1-3-5-8/h1-5H,6-7H2. The van der Waals surface area contributed by atoms with E-state index in [0.29, 0.717) is 6.61 Å². The van der Waals surface area contributed by atoms with Crippen molar-refractivity contribution in [2.24, 2.45) is 0 Å². The first kappa shape index (κ1) is 8.74. The van der Waals surface area contributed by atoms with Gasteiger partial charge in [-0.1, -0.05) is 30.3 Å². The topological polar surface area (TPSA) is 46.2 Å². The lowest BCUT2D eigenvalue weighted by molar-refractivity contribution is -0.148. The van der Waals surface area contributed by atoms with E-state index in [1.165, 1.54) is 0 Å². The molecule has 0 aromatic heterocycles. The summed E-state index contributed by atoms with van der Waals surface area (Å²) >= 11 is 0. The molecule has 1 rings (SSSR count). The lowest BCUT2D eigenvalue weighted by atomic mass is 10.2. The van der Waals surface area contributed by atoms with Gasteiger partial charge in [-0.25, -0.2) is 9.90 Å². The normalized spacial score (nSPS) is 9.67. The van der Waals surface area contributed by atoms with Gasteiger partial charge in [-0.15, -0.1) is 0 Å². The van der Waals surface area contributed by atoms with Crippen molar-refractivity contribution in [2.75, 3.05) is 6.61 Å². The third kappa shape index (κ3) is 3.16. The van der Waals surface area contributed by atoms with Gasteiger partial charge in [0, 0.05) is 0 Å². The molecular weight excluding hydrogens is 156 g/mol. The van der Waals surface area contributed by atoms with E-state index in [9.17, 15) is 9.90 Å². The van der Waals surface area contributed by atoms with Gasteiger partial charge in [0.2, 0.25) is 0 Å². The average Bonchev–Trinajstić information content (AvgIpc) is 2.05. The highest BCUT2D eigenvalue weighted by molar-refractivity contribution is 5.67. The molecule has 3 heteroatoms. The molecule has 0 N–H and O–H groups in total. The Morgan fingerprint density at radius 1 is 1.25 bits per heavy atom. The predicted octanol–water partition coefficient (Wildman–Crippen LogP) is 1.16. The van der Waals surface area contributed by atoms with Crippen molar-refractivity contribution in [3.05, 3.63) is 35.9 Å². The third-order valence-electron chi connectivity index (χ3n) is 1.33. The monoisotopic (exact) mass is 165 g/mol. The number of benzene rings is 1. The van der Waals surface area contributed by atoms with Gasteiger partial charge in [-0.05, 0) is 5.56 Å². The molecule has 3 nitrogen and oxygen atoms in total. The predicted molar refractivity (Wildman–Crippen MR) is 41.8 cm³/mol. The molecule has 0 unspecified atom stereocenters. The Bertz CT molecular complexity index is 243. The van der Waals surface area contributed by atoms with E-state index in [4.69, 9.17) is 4.74 Å². The Balaban J connectivity index is 2.29. The Hall–Kier alpha value is -1.35. The molecule has 0 atom stereocenters. The van der Waals surface area contributed by atoms with Gasteiger partial charge in [-0.2, -0.15) is 0 Å². The second-order valence-corrected chi connectivity index (χ2v) is 2.35. The first-order valence-electron chi connectivity index (χ1n) is 3.60. The number of rotatable bonds is 4. The number of carbonyl (C=O) groups excluding carboxylic acids is 1. The summed E-state index contributed by atoms with van der Waals surface area (Å²) in [6.45, 7) is -0.0380. The molecule has 1 radical (unpaired) electrons. The fraction of sp³-hybridized carbons (Fsp3) is 0.222. The molecule has 0 bridgehead atoms. The zero-order valence-electron chi connectivity index (χ0n) is 6.53. The van der Waals surface area contributed by atoms with Crippen molar-refractivity contribution in [2.45, 2.75) is 6.61 Å². The maximum atomic E-state index is 9.95. The van der Waals surface area contributed by atoms with Crippen molar-refractivity contribution in [1.82, 2.24) is 0 Å². The van der Waals surface area contributed by atoms with Gasteiger partial charge in [0.25, 0.3) is 0 Å². The summed E-state index contributed by atoms with van der Waals surface area (Å²) < 4.78 is 4.82. The summed E-state index contributed by atoms with van der Waals surface area (Å²) in [5.41, 5.74) is 0.957. The number of carbonyl (C=O) groups is 1. The second kappa shape index (κ2) is 4.51. The largest absolute Gasteiger partial charge is 0.380 e. The molecule has 1 aromatic rings.